The van der Waals surface area contributed by atoms with Gasteiger partial charge in [0.05, 0.1) is 11.2 Å². The van der Waals surface area contributed by atoms with Crippen LogP contribution in [0.5, 0.6) is 0 Å². The Bertz CT molecular complexity index is 923. The van der Waals surface area contributed by atoms with Gasteiger partial charge in [0.2, 0.25) is 5.91 Å². The lowest BCUT2D eigenvalue weighted by atomic mass is 9.73. The SMILES string of the molecule is C[C@@H]1CCCC[C@@]12NC(=O)N(CC(=O)Nc1cccc3cccnc13)C2=O. The van der Waals surface area contributed by atoms with Crippen molar-refractivity contribution in [2.24, 2.45) is 5.92 Å². The molecule has 1 aliphatic heterocycles. The molecule has 1 aliphatic carbocycles. The molecule has 4 amide bonds. The number of urea groups is 1. The lowest BCUT2D eigenvalue weighted by Crippen LogP contribution is -2.54. The first-order valence-electron chi connectivity index (χ1n) is 9.29. The van der Waals surface area contributed by atoms with E-state index in [1.807, 2.05) is 31.2 Å². The quantitative estimate of drug-likeness (QED) is 0.817. The highest BCUT2D eigenvalue weighted by atomic mass is 16.2. The van der Waals surface area contributed by atoms with Gasteiger partial charge in [-0.3, -0.25) is 19.5 Å². The van der Waals surface area contributed by atoms with E-state index in [4.69, 9.17) is 0 Å². The second-order valence-corrected chi connectivity index (χ2v) is 7.37. The summed E-state index contributed by atoms with van der Waals surface area (Å²) in [6.45, 7) is 1.69. The minimum absolute atomic E-state index is 0.0676. The number of hydrogen-bond donors (Lipinski definition) is 2. The second-order valence-electron chi connectivity index (χ2n) is 7.37. The van der Waals surface area contributed by atoms with E-state index in [0.717, 1.165) is 29.5 Å². The van der Waals surface area contributed by atoms with Gasteiger partial charge in [0.1, 0.15) is 12.1 Å². The van der Waals surface area contributed by atoms with E-state index < -0.39 is 17.5 Å². The number of aromatic nitrogens is 1. The molecule has 2 N–H and O–H groups in total. The van der Waals surface area contributed by atoms with Crippen molar-refractivity contribution in [1.29, 1.82) is 0 Å². The molecule has 1 saturated heterocycles. The molecule has 2 atom stereocenters. The molecule has 7 nitrogen and oxygen atoms in total. The van der Waals surface area contributed by atoms with Gasteiger partial charge < -0.3 is 10.6 Å². The van der Waals surface area contributed by atoms with Crippen LogP contribution in [0.15, 0.2) is 36.5 Å². The number of imide groups is 1. The fraction of sp³-hybridized carbons (Fsp3) is 0.400. The van der Waals surface area contributed by atoms with Crippen LogP contribution in [0.4, 0.5) is 10.5 Å². The van der Waals surface area contributed by atoms with Gasteiger partial charge in [0, 0.05) is 11.6 Å². The number of carbonyl (C=O) groups is 3. The fourth-order valence-corrected chi connectivity index (χ4v) is 4.18. The molecule has 1 aromatic carbocycles. The average Bonchev–Trinajstić information content (AvgIpc) is 2.89. The molecule has 0 radical (unpaired) electrons. The number of para-hydroxylation sites is 1. The lowest BCUT2D eigenvalue weighted by Gasteiger charge is -2.36. The van der Waals surface area contributed by atoms with Crippen molar-refractivity contribution in [2.45, 2.75) is 38.1 Å². The monoisotopic (exact) mass is 366 g/mol. The second kappa shape index (κ2) is 6.64. The Morgan fingerprint density at radius 3 is 2.93 bits per heavy atom. The normalized spacial score (nSPS) is 25.1. The molecule has 7 heteroatoms. The Kier molecular flexibility index (Phi) is 4.30. The predicted molar refractivity (Wildman–Crippen MR) is 101 cm³/mol. The zero-order chi connectivity index (χ0) is 19.0. The number of nitrogens with one attached hydrogen (secondary N) is 2. The zero-order valence-electron chi connectivity index (χ0n) is 15.2. The molecule has 2 fully saturated rings. The molecule has 1 spiro atoms. The molecule has 27 heavy (non-hydrogen) atoms. The Morgan fingerprint density at radius 1 is 1.30 bits per heavy atom. The molecule has 1 aromatic heterocycles. The van der Waals surface area contributed by atoms with E-state index in [9.17, 15) is 14.4 Å². The third kappa shape index (κ3) is 2.93. The average molecular weight is 366 g/mol. The summed E-state index contributed by atoms with van der Waals surface area (Å²) in [5.74, 6) is -0.638. The summed E-state index contributed by atoms with van der Waals surface area (Å²) >= 11 is 0. The van der Waals surface area contributed by atoms with Crippen molar-refractivity contribution in [2.75, 3.05) is 11.9 Å². The van der Waals surface area contributed by atoms with Crippen molar-refractivity contribution >= 4 is 34.4 Å². The van der Waals surface area contributed by atoms with Gasteiger partial charge in [-0.1, -0.05) is 38.0 Å². The number of pyridine rings is 1. The van der Waals surface area contributed by atoms with Crippen molar-refractivity contribution in [3.8, 4) is 0 Å². The van der Waals surface area contributed by atoms with Crippen LogP contribution in [0.3, 0.4) is 0 Å². The molecule has 1 saturated carbocycles. The number of amides is 4. The van der Waals surface area contributed by atoms with Gasteiger partial charge in [0.15, 0.2) is 0 Å². The van der Waals surface area contributed by atoms with Crippen LogP contribution < -0.4 is 10.6 Å². The molecular weight excluding hydrogens is 344 g/mol. The van der Waals surface area contributed by atoms with Crippen LogP contribution >= 0.6 is 0 Å². The number of anilines is 1. The summed E-state index contributed by atoms with van der Waals surface area (Å²) < 4.78 is 0. The van der Waals surface area contributed by atoms with Gasteiger partial charge >= 0.3 is 6.03 Å². The van der Waals surface area contributed by atoms with Crippen LogP contribution in [0, 0.1) is 5.92 Å². The Hall–Kier alpha value is -2.96. The molecular formula is C20H22N4O3. The number of nitrogens with zero attached hydrogens (tertiary/aromatic N) is 2. The van der Waals surface area contributed by atoms with Gasteiger partial charge in [-0.25, -0.2) is 4.79 Å². The maximum Gasteiger partial charge on any atom is 0.325 e. The predicted octanol–water partition coefficient (Wildman–Crippen LogP) is 2.67. The Morgan fingerprint density at radius 2 is 2.11 bits per heavy atom. The first kappa shape index (κ1) is 17.5. The minimum atomic E-state index is -0.851. The number of benzene rings is 1. The van der Waals surface area contributed by atoms with E-state index in [2.05, 4.69) is 15.6 Å². The van der Waals surface area contributed by atoms with E-state index in [1.54, 1.807) is 12.3 Å². The minimum Gasteiger partial charge on any atom is -0.323 e. The summed E-state index contributed by atoms with van der Waals surface area (Å²) in [4.78, 5) is 43.2. The molecule has 2 aromatic rings. The summed E-state index contributed by atoms with van der Waals surface area (Å²) in [6, 6.07) is 8.73. The van der Waals surface area contributed by atoms with E-state index in [-0.39, 0.29) is 18.4 Å². The van der Waals surface area contributed by atoms with Gasteiger partial charge in [-0.05, 0) is 30.9 Å². The van der Waals surface area contributed by atoms with Gasteiger partial charge in [-0.15, -0.1) is 0 Å². The van der Waals surface area contributed by atoms with Crippen molar-refractivity contribution in [3.05, 3.63) is 36.5 Å². The van der Waals surface area contributed by atoms with Crippen molar-refractivity contribution in [3.63, 3.8) is 0 Å². The number of hydrogen-bond acceptors (Lipinski definition) is 4. The maximum absolute atomic E-state index is 13.0. The first-order valence-corrected chi connectivity index (χ1v) is 9.29. The van der Waals surface area contributed by atoms with Crippen LogP contribution in [0.1, 0.15) is 32.6 Å². The van der Waals surface area contributed by atoms with Crippen LogP contribution in [-0.2, 0) is 9.59 Å². The standard InChI is InChI=1S/C20H22N4O3/c1-13-6-2-3-10-20(13)18(26)24(19(27)23-20)12-16(25)22-15-9-4-7-14-8-5-11-21-17(14)15/h4-5,7-9,11,13H,2-3,6,10,12H2,1H3,(H,22,25)(H,23,27)/t13-,20-/m1/s1. The largest absolute Gasteiger partial charge is 0.325 e. The van der Waals surface area contributed by atoms with Gasteiger partial charge in [0.25, 0.3) is 5.91 Å². The van der Waals surface area contributed by atoms with Crippen LogP contribution in [0.25, 0.3) is 10.9 Å². The summed E-state index contributed by atoms with van der Waals surface area (Å²) in [5.41, 5.74) is 0.380. The third-order valence-electron chi connectivity index (χ3n) is 5.71. The molecule has 140 valence electrons. The van der Waals surface area contributed by atoms with E-state index in [1.165, 1.54) is 0 Å². The summed E-state index contributed by atoms with van der Waals surface area (Å²) in [7, 11) is 0. The lowest BCUT2D eigenvalue weighted by molar-refractivity contribution is -0.136. The zero-order valence-corrected chi connectivity index (χ0v) is 15.2. The smallest absolute Gasteiger partial charge is 0.323 e. The van der Waals surface area contributed by atoms with Crippen molar-refractivity contribution in [1.82, 2.24) is 15.2 Å². The highest BCUT2D eigenvalue weighted by Gasteiger charge is 2.55. The summed E-state index contributed by atoms with van der Waals surface area (Å²) in [5, 5.41) is 6.55. The van der Waals surface area contributed by atoms with E-state index in [0.29, 0.717) is 17.6 Å². The first-order chi connectivity index (χ1) is 13.0. The topological polar surface area (TPSA) is 91.4 Å². The third-order valence-corrected chi connectivity index (χ3v) is 5.71. The summed E-state index contributed by atoms with van der Waals surface area (Å²) in [6.07, 6.45) is 5.14. The molecule has 2 heterocycles. The maximum atomic E-state index is 13.0. The number of fused-ring (bicyclic) bond motifs is 1. The van der Waals surface area contributed by atoms with E-state index >= 15 is 0 Å². The number of carbonyl (C=O) groups excluding carboxylic acids is 3. The van der Waals surface area contributed by atoms with Gasteiger partial charge in [-0.2, -0.15) is 0 Å². The molecule has 0 bridgehead atoms. The fourth-order valence-electron chi connectivity index (χ4n) is 4.18. The van der Waals surface area contributed by atoms with Crippen LogP contribution in [0.2, 0.25) is 0 Å². The van der Waals surface area contributed by atoms with Crippen molar-refractivity contribution < 1.29 is 14.4 Å². The Labute approximate surface area is 157 Å². The highest BCUT2D eigenvalue weighted by molar-refractivity contribution is 6.11. The molecule has 4 rings (SSSR count). The number of rotatable bonds is 3. The molecule has 0 unspecified atom stereocenters. The van der Waals surface area contributed by atoms with Crippen LogP contribution in [-0.4, -0.2) is 39.8 Å². The molecule has 2 aliphatic rings. The highest BCUT2D eigenvalue weighted by Crippen LogP contribution is 2.38. The Balaban J connectivity index is 1.51.